The molecule has 1 aliphatic rings. The molecule has 0 unspecified atom stereocenters. The van der Waals surface area contributed by atoms with Gasteiger partial charge in [-0.2, -0.15) is 13.2 Å². The molecule has 1 saturated heterocycles. The van der Waals surface area contributed by atoms with Crippen molar-refractivity contribution in [1.82, 2.24) is 9.97 Å². The molecule has 0 saturated carbocycles. The zero-order chi connectivity index (χ0) is 21.3. The molecule has 3 aromatic rings. The highest BCUT2D eigenvalue weighted by molar-refractivity contribution is 7.13. The summed E-state index contributed by atoms with van der Waals surface area (Å²) in [5.41, 5.74) is 1.02. The number of carboxylic acids is 1. The first-order valence-corrected chi connectivity index (χ1v) is 9.91. The van der Waals surface area contributed by atoms with E-state index in [0.29, 0.717) is 11.6 Å². The highest BCUT2D eigenvalue weighted by Crippen LogP contribution is 2.31. The van der Waals surface area contributed by atoms with Gasteiger partial charge in [-0.3, -0.25) is 0 Å². The third kappa shape index (κ3) is 4.38. The van der Waals surface area contributed by atoms with Gasteiger partial charge < -0.3 is 14.7 Å². The lowest BCUT2D eigenvalue weighted by Crippen LogP contribution is -2.24. The van der Waals surface area contributed by atoms with Crippen LogP contribution in [0, 0.1) is 0 Å². The van der Waals surface area contributed by atoms with E-state index < -0.39 is 17.7 Å². The average Bonchev–Trinajstić information content (AvgIpc) is 3.38. The Balaban J connectivity index is 1.37. The van der Waals surface area contributed by atoms with Crippen molar-refractivity contribution < 1.29 is 27.8 Å². The van der Waals surface area contributed by atoms with Crippen LogP contribution in [-0.2, 0) is 6.18 Å². The predicted octanol–water partition coefficient (Wildman–Crippen LogP) is 4.58. The molecule has 0 spiro atoms. The molecule has 0 radical (unpaired) electrons. The van der Waals surface area contributed by atoms with Gasteiger partial charge in [0.2, 0.25) is 5.88 Å². The smallest absolute Gasteiger partial charge is 0.417 e. The number of ether oxygens (including phenoxy) is 1. The lowest BCUT2D eigenvalue weighted by molar-refractivity contribution is -0.137. The molecule has 1 aromatic carbocycles. The zero-order valence-electron chi connectivity index (χ0n) is 15.5. The zero-order valence-corrected chi connectivity index (χ0v) is 16.3. The van der Waals surface area contributed by atoms with Crippen LogP contribution < -0.4 is 9.64 Å². The molecule has 6 nitrogen and oxygen atoms in total. The number of carbonyl (C=O) groups is 1. The monoisotopic (exact) mass is 435 g/mol. The van der Waals surface area contributed by atoms with E-state index in [0.717, 1.165) is 36.5 Å². The minimum Gasteiger partial charge on any atom is -0.476 e. The van der Waals surface area contributed by atoms with Gasteiger partial charge in [0.25, 0.3) is 0 Å². The van der Waals surface area contributed by atoms with E-state index in [1.165, 1.54) is 22.8 Å². The first-order chi connectivity index (χ1) is 14.3. The van der Waals surface area contributed by atoms with Crippen LogP contribution in [0.1, 0.15) is 22.5 Å². The Hall–Kier alpha value is -3.14. The summed E-state index contributed by atoms with van der Waals surface area (Å²) in [5.74, 6) is -0.886. The van der Waals surface area contributed by atoms with Crippen LogP contribution in [-0.4, -0.2) is 40.2 Å². The molecule has 1 atom stereocenters. The largest absolute Gasteiger partial charge is 0.476 e. The van der Waals surface area contributed by atoms with Crippen LogP contribution in [0.25, 0.3) is 10.6 Å². The van der Waals surface area contributed by atoms with E-state index in [-0.39, 0.29) is 17.7 Å². The van der Waals surface area contributed by atoms with E-state index in [1.54, 1.807) is 0 Å². The Kier molecular flexibility index (Phi) is 5.33. The molecule has 0 amide bonds. The van der Waals surface area contributed by atoms with Gasteiger partial charge in [-0.25, -0.2) is 14.8 Å². The number of carboxylic acid groups (broad SMARTS) is 1. The molecule has 4 rings (SSSR count). The number of nitrogens with zero attached hydrogens (tertiary/aromatic N) is 3. The van der Waals surface area contributed by atoms with Gasteiger partial charge in [0.1, 0.15) is 11.1 Å². The maximum atomic E-state index is 12.6. The molecule has 156 valence electrons. The summed E-state index contributed by atoms with van der Waals surface area (Å²) in [6, 6.07) is 9.81. The van der Waals surface area contributed by atoms with Crippen LogP contribution in [0.15, 0.2) is 48.0 Å². The molecule has 1 fully saturated rings. The van der Waals surface area contributed by atoms with Crippen molar-refractivity contribution >= 4 is 23.0 Å². The molecule has 30 heavy (non-hydrogen) atoms. The van der Waals surface area contributed by atoms with E-state index in [4.69, 9.17) is 9.84 Å². The van der Waals surface area contributed by atoms with Crippen molar-refractivity contribution in [3.05, 3.63) is 59.2 Å². The van der Waals surface area contributed by atoms with Crippen LogP contribution in [0.2, 0.25) is 0 Å². The molecule has 1 N–H and O–H groups in total. The van der Waals surface area contributed by atoms with Gasteiger partial charge in [-0.15, -0.1) is 11.3 Å². The second-order valence-corrected chi connectivity index (χ2v) is 7.61. The Bertz CT molecular complexity index is 1040. The standard InChI is InChI=1S/C20H16F3N3O3S/c21-20(22,23)13-3-6-17(24-9-13)29-15-7-8-26(10-15)14-4-1-12(2-5-14)18-25-16(11-30-18)19(27)28/h1-6,9,11,15H,7-8,10H2,(H,27,28)/t15-/m0/s1. The van der Waals surface area contributed by atoms with Crippen LogP contribution in [0.5, 0.6) is 5.88 Å². The minimum atomic E-state index is -4.42. The lowest BCUT2D eigenvalue weighted by Gasteiger charge is -2.19. The van der Waals surface area contributed by atoms with E-state index in [1.807, 2.05) is 24.3 Å². The maximum Gasteiger partial charge on any atom is 0.417 e. The highest BCUT2D eigenvalue weighted by Gasteiger charge is 2.31. The molecular weight excluding hydrogens is 419 g/mol. The van der Waals surface area contributed by atoms with Crippen molar-refractivity contribution in [3.8, 4) is 16.5 Å². The SMILES string of the molecule is O=C(O)c1csc(-c2ccc(N3CC[C@H](Oc4ccc(C(F)(F)F)cn4)C3)cc2)n1. The Morgan fingerprint density at radius 2 is 1.97 bits per heavy atom. The van der Waals surface area contributed by atoms with Gasteiger partial charge in [-0.1, -0.05) is 0 Å². The number of hydrogen-bond acceptors (Lipinski definition) is 6. The predicted molar refractivity (Wildman–Crippen MR) is 105 cm³/mol. The first kappa shape index (κ1) is 20.1. The first-order valence-electron chi connectivity index (χ1n) is 9.04. The number of aromatic nitrogens is 2. The number of hydrogen-bond donors (Lipinski definition) is 1. The summed E-state index contributed by atoms with van der Waals surface area (Å²) in [6.45, 7) is 1.33. The number of benzene rings is 1. The van der Waals surface area contributed by atoms with Crippen molar-refractivity contribution in [2.45, 2.75) is 18.7 Å². The summed E-state index contributed by atoms with van der Waals surface area (Å²) in [6.07, 6.45) is -3.10. The Morgan fingerprint density at radius 3 is 2.57 bits per heavy atom. The third-order valence-corrected chi connectivity index (χ3v) is 5.59. The quantitative estimate of drug-likeness (QED) is 0.632. The summed E-state index contributed by atoms with van der Waals surface area (Å²) < 4.78 is 43.6. The summed E-state index contributed by atoms with van der Waals surface area (Å²) in [4.78, 5) is 20.9. The number of anilines is 1. The second kappa shape index (κ2) is 7.94. The van der Waals surface area contributed by atoms with Gasteiger partial charge in [0.05, 0.1) is 12.1 Å². The van der Waals surface area contributed by atoms with E-state index >= 15 is 0 Å². The van der Waals surface area contributed by atoms with Gasteiger partial charge >= 0.3 is 12.1 Å². The number of halogens is 3. The average molecular weight is 435 g/mol. The lowest BCUT2D eigenvalue weighted by atomic mass is 10.2. The van der Waals surface area contributed by atoms with E-state index in [9.17, 15) is 18.0 Å². The summed E-state index contributed by atoms with van der Waals surface area (Å²) >= 11 is 1.27. The van der Waals surface area contributed by atoms with Crippen LogP contribution in [0.3, 0.4) is 0 Å². The Morgan fingerprint density at radius 1 is 1.20 bits per heavy atom. The van der Waals surface area contributed by atoms with Gasteiger partial charge in [0.15, 0.2) is 5.69 Å². The van der Waals surface area contributed by atoms with Crippen molar-refractivity contribution in [2.24, 2.45) is 0 Å². The fourth-order valence-electron chi connectivity index (χ4n) is 3.17. The fourth-order valence-corrected chi connectivity index (χ4v) is 3.97. The third-order valence-electron chi connectivity index (χ3n) is 4.70. The van der Waals surface area contributed by atoms with Crippen LogP contribution in [0.4, 0.5) is 18.9 Å². The molecule has 10 heteroatoms. The van der Waals surface area contributed by atoms with E-state index in [2.05, 4.69) is 14.9 Å². The van der Waals surface area contributed by atoms with Crippen molar-refractivity contribution in [2.75, 3.05) is 18.0 Å². The fraction of sp³-hybridized carbons (Fsp3) is 0.250. The molecule has 1 aliphatic heterocycles. The van der Waals surface area contributed by atoms with Crippen molar-refractivity contribution in [3.63, 3.8) is 0 Å². The maximum absolute atomic E-state index is 12.6. The molecular formula is C20H16F3N3O3S. The van der Waals surface area contributed by atoms with Gasteiger partial charge in [0, 0.05) is 41.9 Å². The van der Waals surface area contributed by atoms with Crippen molar-refractivity contribution in [1.29, 1.82) is 0 Å². The number of aromatic carboxylic acids is 1. The molecule has 0 aliphatic carbocycles. The number of rotatable bonds is 5. The molecule has 3 heterocycles. The molecule has 0 bridgehead atoms. The highest BCUT2D eigenvalue weighted by atomic mass is 32.1. The number of pyridine rings is 1. The second-order valence-electron chi connectivity index (χ2n) is 6.75. The summed E-state index contributed by atoms with van der Waals surface area (Å²) in [7, 11) is 0. The molecule has 2 aromatic heterocycles. The van der Waals surface area contributed by atoms with Gasteiger partial charge in [-0.05, 0) is 30.3 Å². The normalized spacial score (nSPS) is 16.6. The van der Waals surface area contributed by atoms with Crippen LogP contribution >= 0.6 is 11.3 Å². The number of thiazole rings is 1. The number of alkyl halides is 3. The summed E-state index contributed by atoms with van der Waals surface area (Å²) in [5, 5.41) is 11.1. The minimum absolute atomic E-state index is 0.0236. The topological polar surface area (TPSA) is 75.5 Å². The Labute approximate surface area is 173 Å².